The lowest BCUT2D eigenvalue weighted by Crippen LogP contribution is -2.40. The fourth-order valence-electron chi connectivity index (χ4n) is 2.54. The zero-order chi connectivity index (χ0) is 24.9. The molecule has 180 valence electrons. The van der Waals surface area contributed by atoms with Gasteiger partial charge in [0.25, 0.3) is 0 Å². The monoisotopic (exact) mass is 478 g/mol. The molecule has 0 fully saturated rings. The maximum atomic E-state index is 12.5. The minimum atomic E-state index is -1.71. The molecule has 0 aliphatic heterocycles. The van der Waals surface area contributed by atoms with E-state index in [2.05, 4.69) is 25.0 Å². The van der Waals surface area contributed by atoms with Crippen LogP contribution in [0.2, 0.25) is 19.6 Å². The van der Waals surface area contributed by atoms with Crippen molar-refractivity contribution in [1.82, 2.24) is 4.73 Å². The summed E-state index contributed by atoms with van der Waals surface area (Å²) in [4.78, 5) is 30.0. The van der Waals surface area contributed by atoms with Gasteiger partial charge in [-0.1, -0.05) is 19.6 Å². The number of nitrogens with one attached hydrogen (secondary N) is 1. The van der Waals surface area contributed by atoms with Gasteiger partial charge in [0.05, 0.1) is 33.7 Å². The summed E-state index contributed by atoms with van der Waals surface area (Å²) in [5.41, 5.74) is 0.622. The highest BCUT2D eigenvalue weighted by Crippen LogP contribution is 2.35. The zero-order valence-electron chi connectivity index (χ0n) is 19.8. The van der Waals surface area contributed by atoms with E-state index in [1.807, 2.05) is 6.92 Å². The molecule has 0 aliphatic carbocycles. The van der Waals surface area contributed by atoms with E-state index < -0.39 is 31.9 Å². The number of carbonyl (C=O) groups is 2. The summed E-state index contributed by atoms with van der Waals surface area (Å²) in [5, 5.41) is 22.0. The molecule has 33 heavy (non-hydrogen) atoms. The van der Waals surface area contributed by atoms with Gasteiger partial charge >= 0.3 is 12.1 Å². The number of amides is 1. The molecule has 0 saturated heterocycles. The number of aromatic hydroxyl groups is 2. The van der Waals surface area contributed by atoms with Crippen molar-refractivity contribution in [2.75, 3.05) is 19.5 Å². The van der Waals surface area contributed by atoms with Gasteiger partial charge in [-0.2, -0.15) is 0 Å². The summed E-state index contributed by atoms with van der Waals surface area (Å²) >= 11 is 0. The molecule has 1 unspecified atom stereocenters. The summed E-state index contributed by atoms with van der Waals surface area (Å²) in [6.45, 7) is 9.60. The standard InChI is InChI=1S/C22H30N2O8Si/c1-13(21(27)32-24-19(25)8-9-20(24)26)10-15-11-17(29-3)18(30-4)12-16(15)23-22(28)31-14(2)33(5,6)7/h8-12,14,25-26H,1-7H3,(H,23,28). The summed E-state index contributed by atoms with van der Waals surface area (Å²) < 4.78 is 16.7. The smallest absolute Gasteiger partial charge is 0.411 e. The van der Waals surface area contributed by atoms with Crippen molar-refractivity contribution in [3.05, 3.63) is 35.4 Å². The number of hydrogen-bond acceptors (Lipinski definition) is 8. The molecule has 1 aromatic heterocycles. The van der Waals surface area contributed by atoms with Crippen LogP contribution in [0.4, 0.5) is 10.5 Å². The highest BCUT2D eigenvalue weighted by Gasteiger charge is 2.26. The molecule has 11 heteroatoms. The first-order valence-corrected chi connectivity index (χ1v) is 13.7. The second-order valence-corrected chi connectivity index (χ2v) is 13.9. The van der Waals surface area contributed by atoms with Gasteiger partial charge in [0.15, 0.2) is 11.5 Å². The van der Waals surface area contributed by atoms with Crippen LogP contribution in [0, 0.1) is 0 Å². The van der Waals surface area contributed by atoms with Crippen LogP contribution in [0.15, 0.2) is 29.8 Å². The molecule has 0 radical (unpaired) electrons. The number of nitrogens with zero attached hydrogens (tertiary/aromatic N) is 1. The maximum absolute atomic E-state index is 12.5. The lowest BCUT2D eigenvalue weighted by molar-refractivity contribution is -0.140. The number of hydrogen-bond donors (Lipinski definition) is 3. The molecule has 0 bridgehead atoms. The van der Waals surface area contributed by atoms with Gasteiger partial charge in [-0.3, -0.25) is 5.32 Å². The number of methoxy groups -OCH3 is 2. The van der Waals surface area contributed by atoms with Crippen LogP contribution in [0.1, 0.15) is 19.4 Å². The first kappa shape index (κ1) is 25.7. The molecular formula is C22H30N2O8Si. The van der Waals surface area contributed by atoms with Gasteiger partial charge in [-0.05, 0) is 26.0 Å². The van der Waals surface area contributed by atoms with Crippen LogP contribution in [0.3, 0.4) is 0 Å². The third-order valence-electron chi connectivity index (χ3n) is 4.96. The Morgan fingerprint density at radius 1 is 1.06 bits per heavy atom. The van der Waals surface area contributed by atoms with E-state index >= 15 is 0 Å². The number of aromatic nitrogens is 1. The summed E-state index contributed by atoms with van der Waals surface area (Å²) in [5.74, 6) is -0.985. The third-order valence-corrected chi connectivity index (χ3v) is 7.52. The van der Waals surface area contributed by atoms with Crippen LogP contribution in [0.5, 0.6) is 23.3 Å². The second kappa shape index (κ2) is 10.3. The van der Waals surface area contributed by atoms with Gasteiger partial charge in [0, 0.05) is 29.3 Å². The van der Waals surface area contributed by atoms with Crippen molar-refractivity contribution in [1.29, 1.82) is 0 Å². The zero-order valence-corrected chi connectivity index (χ0v) is 20.8. The van der Waals surface area contributed by atoms with E-state index in [0.29, 0.717) is 27.5 Å². The normalized spacial score (nSPS) is 12.6. The van der Waals surface area contributed by atoms with E-state index in [0.717, 1.165) is 0 Å². The van der Waals surface area contributed by atoms with Crippen molar-refractivity contribution in [3.63, 3.8) is 0 Å². The predicted octanol–water partition coefficient (Wildman–Crippen LogP) is 3.79. The Labute approximate surface area is 193 Å². The highest BCUT2D eigenvalue weighted by atomic mass is 28.3. The van der Waals surface area contributed by atoms with E-state index in [-0.39, 0.29) is 11.3 Å². The van der Waals surface area contributed by atoms with Gasteiger partial charge in [-0.25, -0.2) is 9.59 Å². The molecule has 2 rings (SSSR count). The van der Waals surface area contributed by atoms with Crippen LogP contribution >= 0.6 is 0 Å². The Morgan fingerprint density at radius 2 is 1.61 bits per heavy atom. The van der Waals surface area contributed by atoms with Crippen LogP contribution in [0.25, 0.3) is 6.08 Å². The van der Waals surface area contributed by atoms with Gasteiger partial charge in [-0.15, -0.1) is 4.73 Å². The van der Waals surface area contributed by atoms with Gasteiger partial charge in [0.1, 0.15) is 0 Å². The largest absolute Gasteiger partial charge is 0.493 e. The lowest BCUT2D eigenvalue weighted by Gasteiger charge is -2.25. The van der Waals surface area contributed by atoms with Crippen molar-refractivity contribution < 1.29 is 38.9 Å². The molecule has 0 aliphatic rings. The van der Waals surface area contributed by atoms with Crippen molar-refractivity contribution in [2.45, 2.75) is 39.2 Å². The fourth-order valence-corrected chi connectivity index (χ4v) is 3.00. The van der Waals surface area contributed by atoms with Crippen LogP contribution < -0.4 is 19.6 Å². The molecular weight excluding hydrogens is 448 g/mol. The molecule has 1 heterocycles. The fraction of sp³-hybridized carbons (Fsp3) is 0.364. The SMILES string of the molecule is COc1cc(C=C(C)C(=O)On2c(O)ccc2O)c(NC(=O)OC(C)[Si](C)(C)C)cc1OC. The van der Waals surface area contributed by atoms with Gasteiger partial charge < -0.3 is 29.3 Å². The lowest BCUT2D eigenvalue weighted by atomic mass is 10.1. The molecule has 1 amide bonds. The van der Waals surface area contributed by atoms with E-state index in [4.69, 9.17) is 19.0 Å². The number of ether oxygens (including phenoxy) is 3. The molecule has 2 aromatic rings. The van der Waals surface area contributed by atoms with Crippen molar-refractivity contribution in [3.8, 4) is 23.3 Å². The predicted molar refractivity (Wildman–Crippen MR) is 125 cm³/mol. The van der Waals surface area contributed by atoms with Crippen LogP contribution in [-0.2, 0) is 9.53 Å². The minimum Gasteiger partial charge on any atom is -0.493 e. The first-order chi connectivity index (χ1) is 15.4. The molecule has 1 atom stereocenters. The van der Waals surface area contributed by atoms with Crippen LogP contribution in [-0.4, -0.2) is 55.0 Å². The molecule has 1 aromatic carbocycles. The maximum Gasteiger partial charge on any atom is 0.411 e. The minimum absolute atomic E-state index is 0.113. The van der Waals surface area contributed by atoms with Gasteiger partial charge in [0.2, 0.25) is 11.8 Å². The third kappa shape index (κ3) is 6.45. The number of anilines is 1. The Balaban J connectivity index is 2.37. The Morgan fingerprint density at radius 3 is 2.12 bits per heavy atom. The van der Waals surface area contributed by atoms with E-state index in [1.54, 1.807) is 12.1 Å². The van der Waals surface area contributed by atoms with E-state index in [9.17, 15) is 19.8 Å². The topological polar surface area (TPSA) is 128 Å². The molecule has 0 saturated carbocycles. The van der Waals surface area contributed by atoms with Crippen molar-refractivity contribution >= 4 is 31.9 Å². The molecule has 3 N–H and O–H groups in total. The Hall–Kier alpha value is -3.60. The summed E-state index contributed by atoms with van der Waals surface area (Å²) in [7, 11) is 1.21. The highest BCUT2D eigenvalue weighted by molar-refractivity contribution is 6.77. The second-order valence-electron chi connectivity index (χ2n) is 8.38. The summed E-state index contributed by atoms with van der Waals surface area (Å²) in [6, 6.07) is 5.47. The average molecular weight is 479 g/mol. The average Bonchev–Trinajstić information content (AvgIpc) is 3.05. The summed E-state index contributed by atoms with van der Waals surface area (Å²) in [6.07, 6.45) is 0.814. The van der Waals surface area contributed by atoms with E-state index in [1.165, 1.54) is 39.4 Å². The molecule has 0 spiro atoms. The first-order valence-electron chi connectivity index (χ1n) is 10.1. The molecule has 10 nitrogen and oxygen atoms in total. The number of rotatable bonds is 8. The quantitative estimate of drug-likeness (QED) is 0.386. The Bertz CT molecular complexity index is 1040. The number of carbonyl (C=O) groups excluding carboxylic acids is 2. The number of benzene rings is 1. The van der Waals surface area contributed by atoms with Crippen molar-refractivity contribution in [2.24, 2.45) is 0 Å². The Kier molecular flexibility index (Phi) is 8.04.